The van der Waals surface area contributed by atoms with Crippen LogP contribution in [0.25, 0.3) is 0 Å². The highest BCUT2D eigenvalue weighted by Crippen LogP contribution is 2.26. The zero-order valence-corrected chi connectivity index (χ0v) is 11.9. The summed E-state index contributed by atoms with van der Waals surface area (Å²) in [6.07, 6.45) is 0. The summed E-state index contributed by atoms with van der Waals surface area (Å²) < 4.78 is 27.0. The van der Waals surface area contributed by atoms with E-state index in [2.05, 4.69) is 0 Å². The molecule has 0 spiro atoms. The molecule has 0 aliphatic carbocycles. The van der Waals surface area contributed by atoms with Gasteiger partial charge in [0.1, 0.15) is 11.6 Å². The first-order valence-electron chi connectivity index (χ1n) is 5.45. The fourth-order valence-corrected chi connectivity index (χ4v) is 2.61. The maximum atomic E-state index is 13.2. The number of halogens is 3. The molecule has 4 heteroatoms. The van der Waals surface area contributed by atoms with Crippen molar-refractivity contribution in [2.45, 2.75) is 13.0 Å². The Hall–Kier alpha value is -1.01. The number of nitrogens with two attached hydrogens (primary N) is 1. The van der Waals surface area contributed by atoms with Crippen LogP contribution >= 0.6 is 22.6 Å². The predicted octanol–water partition coefficient (Wildman–Crippen LogP) is 3.93. The van der Waals surface area contributed by atoms with Gasteiger partial charge in [0.15, 0.2) is 0 Å². The van der Waals surface area contributed by atoms with Gasteiger partial charge < -0.3 is 5.73 Å². The van der Waals surface area contributed by atoms with Crippen molar-refractivity contribution < 1.29 is 8.78 Å². The van der Waals surface area contributed by atoms with Gasteiger partial charge in [-0.25, -0.2) is 8.78 Å². The number of hydrogen-bond acceptors (Lipinski definition) is 1. The first-order chi connectivity index (χ1) is 8.49. The summed E-state index contributed by atoms with van der Waals surface area (Å²) in [5.74, 6) is -0.537. The van der Waals surface area contributed by atoms with Crippen molar-refractivity contribution in [2.75, 3.05) is 0 Å². The first kappa shape index (κ1) is 13.4. The summed E-state index contributed by atoms with van der Waals surface area (Å²) in [7, 11) is 0. The molecule has 2 N–H and O–H groups in total. The van der Waals surface area contributed by atoms with Gasteiger partial charge in [0, 0.05) is 3.57 Å². The molecule has 0 heterocycles. The van der Waals surface area contributed by atoms with Crippen LogP contribution in [0.1, 0.15) is 22.7 Å². The highest BCUT2D eigenvalue weighted by molar-refractivity contribution is 14.1. The average molecular weight is 359 g/mol. The quantitative estimate of drug-likeness (QED) is 0.808. The number of rotatable bonds is 2. The van der Waals surface area contributed by atoms with E-state index in [0.29, 0.717) is 5.56 Å². The van der Waals surface area contributed by atoms with Gasteiger partial charge in [-0.05, 0) is 64.4 Å². The van der Waals surface area contributed by atoms with Crippen LogP contribution in [0.4, 0.5) is 8.78 Å². The maximum absolute atomic E-state index is 13.2. The van der Waals surface area contributed by atoms with Crippen LogP contribution in [0, 0.1) is 22.1 Å². The molecule has 2 aromatic rings. The number of aryl methyl sites for hydroxylation is 1. The third-order valence-electron chi connectivity index (χ3n) is 2.84. The second-order valence-electron chi connectivity index (χ2n) is 4.15. The number of hydrogen-bond donors (Lipinski definition) is 1. The maximum Gasteiger partial charge on any atom is 0.126 e. The molecule has 18 heavy (non-hydrogen) atoms. The molecule has 0 amide bonds. The summed E-state index contributed by atoms with van der Waals surface area (Å²) in [5, 5.41) is 0. The molecule has 1 nitrogen and oxygen atoms in total. The molecule has 0 aliphatic heterocycles. The van der Waals surface area contributed by atoms with E-state index in [-0.39, 0.29) is 17.7 Å². The van der Waals surface area contributed by atoms with Crippen LogP contribution in [0.2, 0.25) is 0 Å². The Morgan fingerprint density at radius 3 is 2.44 bits per heavy atom. The van der Waals surface area contributed by atoms with E-state index in [9.17, 15) is 8.78 Å². The van der Waals surface area contributed by atoms with Crippen molar-refractivity contribution >= 4 is 22.6 Å². The molecule has 0 saturated heterocycles. The normalized spacial score (nSPS) is 12.5. The minimum Gasteiger partial charge on any atom is -0.320 e. The Bertz CT molecular complexity index is 584. The van der Waals surface area contributed by atoms with Crippen LogP contribution in [0.15, 0.2) is 36.4 Å². The van der Waals surface area contributed by atoms with Crippen LogP contribution in [0.5, 0.6) is 0 Å². The lowest BCUT2D eigenvalue weighted by atomic mass is 9.98. The average Bonchev–Trinajstić information content (AvgIpc) is 2.32. The van der Waals surface area contributed by atoms with E-state index in [1.165, 1.54) is 18.2 Å². The van der Waals surface area contributed by atoms with Crippen molar-refractivity contribution in [1.82, 2.24) is 0 Å². The van der Waals surface area contributed by atoms with Crippen LogP contribution in [0.3, 0.4) is 0 Å². The Morgan fingerprint density at radius 1 is 1.11 bits per heavy atom. The third-order valence-corrected chi connectivity index (χ3v) is 3.77. The molecule has 0 saturated carbocycles. The largest absolute Gasteiger partial charge is 0.320 e. The summed E-state index contributed by atoms with van der Waals surface area (Å²) in [6, 6.07) is 8.89. The van der Waals surface area contributed by atoms with Crippen molar-refractivity contribution in [3.05, 3.63) is 68.3 Å². The minimum atomic E-state index is -0.378. The Balaban J connectivity index is 2.41. The molecular formula is C14H12F2IN. The van der Waals surface area contributed by atoms with E-state index in [1.54, 1.807) is 25.1 Å². The second kappa shape index (κ2) is 5.32. The molecular weight excluding hydrogens is 347 g/mol. The van der Waals surface area contributed by atoms with Gasteiger partial charge in [-0.15, -0.1) is 0 Å². The molecule has 94 valence electrons. The van der Waals surface area contributed by atoms with E-state index >= 15 is 0 Å². The number of benzene rings is 2. The smallest absolute Gasteiger partial charge is 0.126 e. The van der Waals surface area contributed by atoms with Crippen LogP contribution in [-0.2, 0) is 0 Å². The molecule has 1 unspecified atom stereocenters. The fraction of sp³-hybridized carbons (Fsp3) is 0.143. The van der Waals surface area contributed by atoms with Crippen LogP contribution < -0.4 is 5.73 Å². The molecule has 1 atom stereocenters. The van der Waals surface area contributed by atoms with Gasteiger partial charge in [-0.2, -0.15) is 0 Å². The summed E-state index contributed by atoms with van der Waals surface area (Å²) in [6.45, 7) is 1.70. The summed E-state index contributed by atoms with van der Waals surface area (Å²) in [4.78, 5) is 0. The van der Waals surface area contributed by atoms with Crippen molar-refractivity contribution in [3.63, 3.8) is 0 Å². The van der Waals surface area contributed by atoms with E-state index < -0.39 is 0 Å². The van der Waals surface area contributed by atoms with Crippen LogP contribution in [-0.4, -0.2) is 0 Å². The molecule has 0 fully saturated rings. The molecule has 0 bridgehead atoms. The van der Waals surface area contributed by atoms with E-state index in [0.717, 1.165) is 14.7 Å². The van der Waals surface area contributed by atoms with Gasteiger partial charge in [-0.3, -0.25) is 0 Å². The lowest BCUT2D eigenvalue weighted by molar-refractivity contribution is 0.616. The van der Waals surface area contributed by atoms with Gasteiger partial charge in [0.25, 0.3) is 0 Å². The topological polar surface area (TPSA) is 26.0 Å². The molecule has 2 aromatic carbocycles. The van der Waals surface area contributed by atoms with Gasteiger partial charge >= 0.3 is 0 Å². The van der Waals surface area contributed by atoms with Crippen molar-refractivity contribution in [3.8, 4) is 0 Å². The standard InChI is InChI=1S/C14H12F2IN/c1-8-6-9(2-5-12(8)16)14(18)11-4-3-10(15)7-13(11)17/h2-7,14H,18H2,1H3. The van der Waals surface area contributed by atoms with E-state index in [4.69, 9.17) is 5.73 Å². The zero-order chi connectivity index (χ0) is 13.3. The molecule has 0 aliphatic rings. The van der Waals surface area contributed by atoms with Crippen molar-refractivity contribution in [1.29, 1.82) is 0 Å². The highest BCUT2D eigenvalue weighted by atomic mass is 127. The molecule has 0 radical (unpaired) electrons. The lowest BCUT2D eigenvalue weighted by Crippen LogP contribution is -2.13. The SMILES string of the molecule is Cc1cc(C(N)c2ccc(F)cc2I)ccc1F. The first-order valence-corrected chi connectivity index (χ1v) is 6.53. The van der Waals surface area contributed by atoms with E-state index in [1.807, 2.05) is 22.6 Å². The van der Waals surface area contributed by atoms with Gasteiger partial charge in [0.05, 0.1) is 6.04 Å². The fourth-order valence-electron chi connectivity index (χ4n) is 1.79. The van der Waals surface area contributed by atoms with Gasteiger partial charge in [0.2, 0.25) is 0 Å². The summed E-state index contributed by atoms with van der Waals surface area (Å²) >= 11 is 2.05. The highest BCUT2D eigenvalue weighted by Gasteiger charge is 2.13. The second-order valence-corrected chi connectivity index (χ2v) is 5.31. The van der Waals surface area contributed by atoms with Crippen molar-refractivity contribution in [2.24, 2.45) is 5.73 Å². The third kappa shape index (κ3) is 2.70. The summed E-state index contributed by atoms with van der Waals surface area (Å²) in [5.41, 5.74) is 8.35. The molecule has 0 aromatic heterocycles. The van der Waals surface area contributed by atoms with Gasteiger partial charge in [-0.1, -0.05) is 18.2 Å². The zero-order valence-electron chi connectivity index (χ0n) is 9.75. The molecule has 2 rings (SSSR count). The lowest BCUT2D eigenvalue weighted by Gasteiger charge is -2.15. The Morgan fingerprint density at radius 2 is 1.83 bits per heavy atom. The Labute approximate surface area is 118 Å². The predicted molar refractivity (Wildman–Crippen MR) is 76.3 cm³/mol. The minimum absolute atomic E-state index is 0.250. The Kier molecular flexibility index (Phi) is 3.97. The monoisotopic (exact) mass is 359 g/mol.